The highest BCUT2D eigenvalue weighted by Gasteiger charge is 2.17. The summed E-state index contributed by atoms with van der Waals surface area (Å²) in [5.74, 6) is -0.559. The molecule has 0 unspecified atom stereocenters. The van der Waals surface area contributed by atoms with Gasteiger partial charge in [0.15, 0.2) is 21.8 Å². The summed E-state index contributed by atoms with van der Waals surface area (Å²) in [7, 11) is -3.21. The molecule has 0 aliphatic rings. The molecule has 0 saturated heterocycles. The van der Waals surface area contributed by atoms with E-state index in [2.05, 4.69) is 9.97 Å². The predicted molar refractivity (Wildman–Crippen MR) is 101 cm³/mol. The van der Waals surface area contributed by atoms with Crippen LogP contribution < -0.4 is 5.56 Å². The van der Waals surface area contributed by atoms with Crippen molar-refractivity contribution in [2.75, 3.05) is 6.26 Å². The van der Waals surface area contributed by atoms with E-state index < -0.39 is 21.9 Å². The lowest BCUT2D eigenvalue weighted by molar-refractivity contribution is 0.0320. The van der Waals surface area contributed by atoms with E-state index in [9.17, 15) is 18.0 Å². The molecule has 8 heteroatoms. The van der Waals surface area contributed by atoms with Crippen molar-refractivity contribution in [2.24, 2.45) is 0 Å². The minimum atomic E-state index is -3.21. The van der Waals surface area contributed by atoms with Crippen LogP contribution in [-0.4, -0.2) is 30.6 Å². The molecule has 3 rings (SSSR count). The third-order valence-electron chi connectivity index (χ3n) is 3.89. The number of aromatic amines is 1. The monoisotopic (exact) mass is 386 g/mol. The summed E-state index contributed by atoms with van der Waals surface area (Å²) in [6.07, 6.45) is 0.343. The van der Waals surface area contributed by atoms with Gasteiger partial charge in [-0.1, -0.05) is 24.3 Å². The highest BCUT2D eigenvalue weighted by Crippen LogP contribution is 2.17. The maximum atomic E-state index is 12.4. The topological polar surface area (TPSA) is 106 Å². The zero-order chi connectivity index (χ0) is 19.6. The van der Waals surface area contributed by atoms with Crippen molar-refractivity contribution in [3.63, 3.8) is 0 Å². The number of aromatic nitrogens is 2. The first-order valence-corrected chi connectivity index (χ1v) is 10.3. The van der Waals surface area contributed by atoms with Gasteiger partial charge in [0.25, 0.3) is 5.56 Å². The van der Waals surface area contributed by atoms with Crippen LogP contribution in [0.5, 0.6) is 0 Å². The Morgan fingerprint density at radius 3 is 2.67 bits per heavy atom. The van der Waals surface area contributed by atoms with E-state index in [1.54, 1.807) is 43.3 Å². The Morgan fingerprint density at radius 1 is 1.19 bits per heavy atom. The number of esters is 1. The second-order valence-electron chi connectivity index (χ2n) is 6.29. The number of benzene rings is 2. The van der Waals surface area contributed by atoms with Crippen LogP contribution in [0.25, 0.3) is 10.9 Å². The number of carbonyl (C=O) groups is 1. The highest BCUT2D eigenvalue weighted by molar-refractivity contribution is 7.89. The summed E-state index contributed by atoms with van der Waals surface area (Å²) < 4.78 is 28.2. The minimum absolute atomic E-state index is 0.163. The molecule has 1 N–H and O–H groups in total. The van der Waals surface area contributed by atoms with E-state index in [-0.39, 0.29) is 22.7 Å². The first-order chi connectivity index (χ1) is 12.7. The number of H-pyrrole nitrogens is 1. The molecule has 7 nitrogen and oxygen atoms in total. The molecule has 27 heavy (non-hydrogen) atoms. The van der Waals surface area contributed by atoms with Crippen molar-refractivity contribution in [1.29, 1.82) is 0 Å². The second kappa shape index (κ2) is 7.32. The number of fused-ring (bicyclic) bond motifs is 1. The van der Waals surface area contributed by atoms with Gasteiger partial charge in [0.05, 0.1) is 22.2 Å². The molecule has 0 saturated carbocycles. The van der Waals surface area contributed by atoms with Gasteiger partial charge in [-0.2, -0.15) is 0 Å². The fourth-order valence-corrected chi connectivity index (χ4v) is 3.46. The van der Waals surface area contributed by atoms with Crippen LogP contribution in [0.4, 0.5) is 0 Å². The number of para-hydroxylation sites is 1. The van der Waals surface area contributed by atoms with Crippen LogP contribution in [0.15, 0.2) is 53.3 Å². The summed E-state index contributed by atoms with van der Waals surface area (Å²) in [5, 5.41) is 0.452. The Morgan fingerprint density at radius 2 is 1.93 bits per heavy atom. The summed E-state index contributed by atoms with van der Waals surface area (Å²) >= 11 is 0. The highest BCUT2D eigenvalue weighted by atomic mass is 32.2. The Kier molecular flexibility index (Phi) is 5.09. The van der Waals surface area contributed by atoms with E-state index in [1.165, 1.54) is 12.1 Å². The number of ether oxygens (including phenoxy) is 1. The van der Waals surface area contributed by atoms with Gasteiger partial charge in [-0.05, 0) is 36.8 Å². The van der Waals surface area contributed by atoms with Gasteiger partial charge in [0.2, 0.25) is 0 Å². The average molecular weight is 386 g/mol. The Hall–Kier alpha value is -3.00. The normalized spacial score (nSPS) is 12.7. The number of hydrogen-bond donors (Lipinski definition) is 1. The third-order valence-corrected chi connectivity index (χ3v) is 4.75. The maximum Gasteiger partial charge on any atom is 0.338 e. The van der Waals surface area contributed by atoms with Gasteiger partial charge in [0.1, 0.15) is 0 Å². The SMILES string of the molecule is C[C@@H](OC(=O)c1cccc(CS(C)(=O)=O)c1)c1nc2ccccc2c(=O)[nH]1. The first-order valence-electron chi connectivity index (χ1n) is 8.19. The van der Waals surface area contributed by atoms with Crippen LogP contribution in [-0.2, 0) is 20.3 Å². The Bertz CT molecular complexity index is 1170. The molecule has 1 heterocycles. The minimum Gasteiger partial charge on any atom is -0.451 e. The molecule has 0 aliphatic heterocycles. The van der Waals surface area contributed by atoms with E-state index in [0.717, 1.165) is 6.26 Å². The Labute approximate surface area is 155 Å². The van der Waals surface area contributed by atoms with Crippen LogP contribution >= 0.6 is 0 Å². The van der Waals surface area contributed by atoms with Crippen molar-refractivity contribution in [3.8, 4) is 0 Å². The molecule has 140 valence electrons. The van der Waals surface area contributed by atoms with Gasteiger partial charge in [0, 0.05) is 6.26 Å². The molecular formula is C19H18N2O5S. The van der Waals surface area contributed by atoms with Crippen LogP contribution in [0, 0.1) is 0 Å². The lowest BCUT2D eigenvalue weighted by Gasteiger charge is -2.13. The Balaban J connectivity index is 1.82. The third kappa shape index (κ3) is 4.59. The molecule has 0 radical (unpaired) electrons. The molecule has 0 fully saturated rings. The summed E-state index contributed by atoms with van der Waals surface area (Å²) in [5.41, 5.74) is 0.922. The van der Waals surface area contributed by atoms with E-state index in [0.29, 0.717) is 16.5 Å². The van der Waals surface area contributed by atoms with Gasteiger partial charge in [-0.25, -0.2) is 18.2 Å². The number of sulfone groups is 1. The van der Waals surface area contributed by atoms with Gasteiger partial charge >= 0.3 is 5.97 Å². The average Bonchev–Trinajstić information content (AvgIpc) is 2.60. The summed E-state index contributed by atoms with van der Waals surface area (Å²) in [4.78, 5) is 31.5. The summed E-state index contributed by atoms with van der Waals surface area (Å²) in [6, 6.07) is 13.1. The number of carbonyl (C=O) groups excluding carboxylic acids is 1. The molecular weight excluding hydrogens is 368 g/mol. The largest absolute Gasteiger partial charge is 0.451 e. The lowest BCUT2D eigenvalue weighted by atomic mass is 10.1. The van der Waals surface area contributed by atoms with Gasteiger partial charge in [-0.15, -0.1) is 0 Å². The molecule has 1 atom stereocenters. The lowest BCUT2D eigenvalue weighted by Crippen LogP contribution is -2.17. The smallest absolute Gasteiger partial charge is 0.338 e. The van der Waals surface area contributed by atoms with Crippen molar-refractivity contribution < 1.29 is 17.9 Å². The van der Waals surface area contributed by atoms with Gasteiger partial charge < -0.3 is 9.72 Å². The standard InChI is InChI=1S/C19H18N2O5S/c1-12(17-20-16-9-4-3-8-15(16)18(22)21-17)26-19(23)14-7-5-6-13(10-14)11-27(2,24)25/h3-10,12H,11H2,1-2H3,(H,20,21,22)/t12-/m1/s1. The zero-order valence-corrected chi connectivity index (χ0v) is 15.6. The second-order valence-corrected chi connectivity index (χ2v) is 8.43. The summed E-state index contributed by atoms with van der Waals surface area (Å²) in [6.45, 7) is 1.60. The fourth-order valence-electron chi connectivity index (χ4n) is 2.67. The van der Waals surface area contributed by atoms with E-state index in [1.807, 2.05) is 0 Å². The van der Waals surface area contributed by atoms with Crippen molar-refractivity contribution >= 4 is 26.7 Å². The molecule has 0 bridgehead atoms. The zero-order valence-electron chi connectivity index (χ0n) is 14.8. The quantitative estimate of drug-likeness (QED) is 0.675. The van der Waals surface area contributed by atoms with E-state index >= 15 is 0 Å². The molecule has 2 aromatic carbocycles. The van der Waals surface area contributed by atoms with Crippen molar-refractivity contribution in [2.45, 2.75) is 18.8 Å². The van der Waals surface area contributed by atoms with Crippen molar-refractivity contribution in [3.05, 3.63) is 75.8 Å². The van der Waals surface area contributed by atoms with Crippen LogP contribution in [0.1, 0.15) is 34.8 Å². The van der Waals surface area contributed by atoms with Crippen molar-refractivity contribution in [1.82, 2.24) is 9.97 Å². The van der Waals surface area contributed by atoms with E-state index in [4.69, 9.17) is 4.74 Å². The first kappa shape index (κ1) is 18.8. The number of nitrogens with one attached hydrogen (secondary N) is 1. The molecule has 3 aromatic rings. The molecule has 0 amide bonds. The fraction of sp³-hybridized carbons (Fsp3) is 0.211. The van der Waals surface area contributed by atoms with Crippen LogP contribution in [0.2, 0.25) is 0 Å². The maximum absolute atomic E-state index is 12.4. The van der Waals surface area contributed by atoms with Gasteiger partial charge in [-0.3, -0.25) is 4.79 Å². The number of hydrogen-bond acceptors (Lipinski definition) is 6. The van der Waals surface area contributed by atoms with Crippen LogP contribution in [0.3, 0.4) is 0 Å². The molecule has 0 aliphatic carbocycles. The molecule has 0 spiro atoms. The number of nitrogens with zero attached hydrogens (tertiary/aromatic N) is 1. The predicted octanol–water partition coefficient (Wildman–Crippen LogP) is 2.39. The number of rotatable bonds is 5. The molecule has 1 aromatic heterocycles.